The van der Waals surface area contributed by atoms with Gasteiger partial charge >= 0.3 is 8.56 Å². The van der Waals surface area contributed by atoms with Crippen LogP contribution >= 0.6 is 0 Å². The van der Waals surface area contributed by atoms with Crippen molar-refractivity contribution in [3.8, 4) is 0 Å². The Labute approximate surface area is 160 Å². The molecule has 1 unspecified atom stereocenters. The maximum Gasteiger partial charge on any atom is 0.326 e. The quantitative estimate of drug-likeness (QED) is 0.314. The van der Waals surface area contributed by atoms with E-state index in [1.165, 1.54) is 18.7 Å². The van der Waals surface area contributed by atoms with Crippen molar-refractivity contribution < 1.29 is 23.2 Å². The van der Waals surface area contributed by atoms with Crippen LogP contribution in [0.15, 0.2) is 12.4 Å². The molecule has 0 aliphatic rings. The summed E-state index contributed by atoms with van der Waals surface area (Å²) in [5.74, 6) is -1.39. The number of aliphatic hydroxyl groups is 1. The maximum atomic E-state index is 11.8. The standard InChI is InChI=1S/C17H36N2O5Si2/c1-14(18-15(2)20)19(16(3)21)12-10-11-13-26(9,23-17(4,5)22)24-25(6,7)8/h22H,1,10-13H2,2-9H3,(H,18,20). The van der Waals surface area contributed by atoms with Crippen molar-refractivity contribution in [3.63, 3.8) is 0 Å². The topological polar surface area (TPSA) is 88.1 Å². The van der Waals surface area contributed by atoms with E-state index in [4.69, 9.17) is 8.54 Å². The zero-order valence-electron chi connectivity index (χ0n) is 17.6. The molecule has 0 aliphatic carbocycles. The first kappa shape index (κ1) is 25.0. The number of hydrogen-bond acceptors (Lipinski definition) is 5. The van der Waals surface area contributed by atoms with Crippen molar-refractivity contribution >= 4 is 28.7 Å². The Bertz CT molecular complexity index is 496. The molecule has 0 radical (unpaired) electrons. The first-order valence-electron chi connectivity index (χ1n) is 8.92. The molecule has 0 spiro atoms. The largest absolute Gasteiger partial charge is 0.436 e. The van der Waals surface area contributed by atoms with Crippen molar-refractivity contribution in [1.82, 2.24) is 10.2 Å². The number of carbonyl (C=O) groups excluding carboxylic acids is 2. The predicted octanol–water partition coefficient (Wildman–Crippen LogP) is 2.89. The Morgan fingerprint density at radius 1 is 1.15 bits per heavy atom. The van der Waals surface area contributed by atoms with Gasteiger partial charge in [-0.25, -0.2) is 0 Å². The van der Waals surface area contributed by atoms with Gasteiger partial charge in [0.05, 0.1) is 0 Å². The molecule has 0 saturated carbocycles. The molecule has 1 atom stereocenters. The van der Waals surface area contributed by atoms with Crippen molar-refractivity contribution in [1.29, 1.82) is 0 Å². The summed E-state index contributed by atoms with van der Waals surface area (Å²) in [7, 11) is -4.39. The van der Waals surface area contributed by atoms with Crippen LogP contribution in [0.4, 0.5) is 0 Å². The van der Waals surface area contributed by atoms with Crippen molar-refractivity contribution in [2.45, 2.75) is 78.6 Å². The van der Waals surface area contributed by atoms with E-state index >= 15 is 0 Å². The van der Waals surface area contributed by atoms with Gasteiger partial charge in [-0.3, -0.25) is 14.5 Å². The van der Waals surface area contributed by atoms with Gasteiger partial charge in [0.15, 0.2) is 14.1 Å². The SMILES string of the molecule is C=C(NC(C)=O)N(CCCC[Si](C)(OC(C)(C)O)O[Si](C)(C)C)C(C)=O. The lowest BCUT2D eigenvalue weighted by Crippen LogP contribution is -2.51. The van der Waals surface area contributed by atoms with Crippen LogP contribution in [0.3, 0.4) is 0 Å². The highest BCUT2D eigenvalue weighted by Gasteiger charge is 2.40. The van der Waals surface area contributed by atoms with Crippen LogP contribution in [-0.4, -0.2) is 51.0 Å². The second-order valence-corrected chi connectivity index (χ2v) is 16.2. The van der Waals surface area contributed by atoms with E-state index in [9.17, 15) is 14.7 Å². The molecule has 152 valence electrons. The van der Waals surface area contributed by atoms with Gasteiger partial charge < -0.3 is 19.0 Å². The second-order valence-electron chi connectivity index (χ2n) is 8.15. The van der Waals surface area contributed by atoms with Crippen LogP contribution in [0.5, 0.6) is 0 Å². The third-order valence-corrected chi connectivity index (χ3v) is 9.65. The number of unbranched alkanes of at least 4 members (excludes halogenated alkanes) is 1. The van der Waals surface area contributed by atoms with Gasteiger partial charge in [-0.2, -0.15) is 0 Å². The van der Waals surface area contributed by atoms with E-state index in [1.807, 2.05) is 6.55 Å². The van der Waals surface area contributed by atoms with E-state index in [0.717, 1.165) is 6.42 Å². The van der Waals surface area contributed by atoms with Crippen LogP contribution in [-0.2, 0) is 18.1 Å². The fourth-order valence-corrected chi connectivity index (χ4v) is 10.6. The number of amides is 2. The normalized spacial score (nSPS) is 14.5. The minimum Gasteiger partial charge on any atom is -0.436 e. The van der Waals surface area contributed by atoms with E-state index < -0.39 is 22.7 Å². The Morgan fingerprint density at radius 3 is 2.08 bits per heavy atom. The molecule has 7 nitrogen and oxygen atoms in total. The fourth-order valence-electron chi connectivity index (χ4n) is 2.77. The molecule has 9 heteroatoms. The van der Waals surface area contributed by atoms with E-state index in [0.29, 0.717) is 19.0 Å². The lowest BCUT2D eigenvalue weighted by molar-refractivity contribution is -0.127. The summed E-state index contributed by atoms with van der Waals surface area (Å²) in [5.41, 5.74) is 0. The highest BCUT2D eigenvalue weighted by atomic mass is 28.4. The zero-order chi connectivity index (χ0) is 20.8. The van der Waals surface area contributed by atoms with E-state index in [1.54, 1.807) is 13.8 Å². The molecule has 0 rings (SSSR count). The molecule has 0 aromatic heterocycles. The van der Waals surface area contributed by atoms with Crippen LogP contribution < -0.4 is 5.32 Å². The summed E-state index contributed by atoms with van der Waals surface area (Å²) in [5, 5.41) is 12.6. The minimum atomic E-state index is -2.56. The third-order valence-electron chi connectivity index (χ3n) is 3.28. The zero-order valence-corrected chi connectivity index (χ0v) is 19.6. The molecule has 0 heterocycles. The maximum absolute atomic E-state index is 11.8. The summed E-state index contributed by atoms with van der Waals surface area (Å²) >= 11 is 0. The number of nitrogens with zero attached hydrogens (tertiary/aromatic N) is 1. The molecule has 0 saturated heterocycles. The highest BCUT2D eigenvalue weighted by Crippen LogP contribution is 2.26. The molecule has 2 amide bonds. The number of hydrogen-bond donors (Lipinski definition) is 2. The predicted molar refractivity (Wildman–Crippen MR) is 108 cm³/mol. The Kier molecular flexibility index (Phi) is 9.41. The summed E-state index contributed by atoms with van der Waals surface area (Å²) in [6, 6.07) is 0.708. The average Bonchev–Trinajstić information content (AvgIpc) is 2.31. The summed E-state index contributed by atoms with van der Waals surface area (Å²) < 4.78 is 12.2. The monoisotopic (exact) mass is 404 g/mol. The van der Waals surface area contributed by atoms with Crippen LogP contribution in [0.1, 0.15) is 40.5 Å². The summed E-state index contributed by atoms with van der Waals surface area (Å²) in [6.45, 7) is 18.5. The van der Waals surface area contributed by atoms with Crippen LogP contribution in [0.25, 0.3) is 0 Å². The molecule has 0 aromatic rings. The molecule has 0 aromatic carbocycles. The molecule has 2 N–H and O–H groups in total. The fraction of sp³-hybridized carbons (Fsp3) is 0.765. The van der Waals surface area contributed by atoms with Crippen molar-refractivity contribution in [2.24, 2.45) is 0 Å². The number of nitrogens with one attached hydrogen (secondary N) is 1. The first-order chi connectivity index (χ1) is 11.5. The Balaban J connectivity index is 4.80. The van der Waals surface area contributed by atoms with Gasteiger partial charge in [-0.1, -0.05) is 6.58 Å². The van der Waals surface area contributed by atoms with Crippen LogP contribution in [0.2, 0.25) is 32.2 Å². The van der Waals surface area contributed by atoms with Gasteiger partial charge in [-0.15, -0.1) is 0 Å². The highest BCUT2D eigenvalue weighted by molar-refractivity contribution is 6.81. The molecular weight excluding hydrogens is 368 g/mol. The van der Waals surface area contributed by atoms with Gasteiger partial charge in [0, 0.05) is 20.4 Å². The molecule has 26 heavy (non-hydrogen) atoms. The summed E-state index contributed by atoms with van der Waals surface area (Å²) in [4.78, 5) is 24.4. The van der Waals surface area contributed by atoms with Crippen molar-refractivity contribution in [2.75, 3.05) is 6.54 Å². The molecular formula is C17H36N2O5Si2. The third kappa shape index (κ3) is 11.6. The smallest absolute Gasteiger partial charge is 0.326 e. The summed E-state index contributed by atoms with van der Waals surface area (Å²) in [6.07, 6.45) is 1.49. The van der Waals surface area contributed by atoms with Gasteiger partial charge in [0.25, 0.3) is 0 Å². The number of carbonyl (C=O) groups is 2. The second kappa shape index (κ2) is 9.79. The molecule has 0 fully saturated rings. The van der Waals surface area contributed by atoms with Gasteiger partial charge in [0.1, 0.15) is 5.82 Å². The Hall–Kier alpha value is -1.01. The number of rotatable bonds is 11. The first-order valence-corrected chi connectivity index (χ1v) is 14.9. The van der Waals surface area contributed by atoms with E-state index in [-0.39, 0.29) is 17.6 Å². The minimum absolute atomic E-state index is 0.171. The van der Waals surface area contributed by atoms with Gasteiger partial charge in [0.2, 0.25) is 11.8 Å². The molecule has 0 aliphatic heterocycles. The lowest BCUT2D eigenvalue weighted by atomic mass is 10.3. The van der Waals surface area contributed by atoms with Gasteiger partial charge in [-0.05, 0) is 58.9 Å². The Morgan fingerprint density at radius 2 is 1.69 bits per heavy atom. The van der Waals surface area contributed by atoms with Crippen LogP contribution in [0, 0.1) is 0 Å². The molecule has 0 bridgehead atoms. The van der Waals surface area contributed by atoms with E-state index in [2.05, 4.69) is 31.5 Å². The van der Waals surface area contributed by atoms with Crippen molar-refractivity contribution in [3.05, 3.63) is 12.4 Å². The average molecular weight is 405 g/mol. The lowest BCUT2D eigenvalue weighted by Gasteiger charge is -2.38.